The first kappa shape index (κ1) is 6.88. The average molecular weight is 188 g/mol. The predicted octanol–water partition coefficient (Wildman–Crippen LogP) is 2.26. The Morgan fingerprint density at radius 1 is 1.36 bits per heavy atom. The summed E-state index contributed by atoms with van der Waals surface area (Å²) < 4.78 is 0. The topological polar surface area (TPSA) is 41.6 Å². The van der Waals surface area contributed by atoms with Gasteiger partial charge in [0, 0.05) is 6.20 Å². The Morgan fingerprint density at radius 3 is 2.91 bits per heavy atom. The van der Waals surface area contributed by atoms with Gasteiger partial charge < -0.3 is 4.98 Å². The minimum Gasteiger partial charge on any atom is -0.326 e. The smallest absolute Gasteiger partial charge is 0.202 e. The van der Waals surface area contributed by atoms with E-state index >= 15 is 0 Å². The highest BCUT2D eigenvalue weighted by Gasteiger charge is 2.03. The fourth-order valence-corrected chi connectivity index (χ4v) is 1.22. The zero-order valence-electron chi connectivity index (χ0n) is 5.31. The van der Waals surface area contributed by atoms with Gasteiger partial charge in [0.15, 0.2) is 5.65 Å². The van der Waals surface area contributed by atoms with Crippen molar-refractivity contribution in [3.05, 3.63) is 22.6 Å². The van der Waals surface area contributed by atoms with Crippen molar-refractivity contribution in [3.8, 4) is 0 Å². The van der Waals surface area contributed by atoms with Crippen LogP contribution in [-0.2, 0) is 0 Å². The third-order valence-electron chi connectivity index (χ3n) is 1.31. The van der Waals surface area contributed by atoms with Crippen LogP contribution in [0, 0.1) is 0 Å². The molecule has 0 unspecified atom stereocenters. The van der Waals surface area contributed by atoms with Crippen LogP contribution in [0.15, 0.2) is 12.3 Å². The van der Waals surface area contributed by atoms with Crippen LogP contribution in [0.5, 0.6) is 0 Å². The highest BCUT2D eigenvalue weighted by molar-refractivity contribution is 6.35. The van der Waals surface area contributed by atoms with Crippen LogP contribution in [0.3, 0.4) is 0 Å². The van der Waals surface area contributed by atoms with Gasteiger partial charge in [-0.25, -0.2) is 4.98 Å². The SMILES string of the molecule is Clc1nc2nccc(Cl)c2[nH]1. The Balaban J connectivity index is 2.90. The average Bonchev–Trinajstić information content (AvgIpc) is 2.31. The fraction of sp³-hybridized carbons (Fsp3) is 0. The molecule has 2 aromatic rings. The third-order valence-corrected chi connectivity index (χ3v) is 1.81. The molecular weight excluding hydrogens is 185 g/mol. The van der Waals surface area contributed by atoms with Gasteiger partial charge in [0.2, 0.25) is 5.28 Å². The van der Waals surface area contributed by atoms with E-state index in [0.29, 0.717) is 21.5 Å². The van der Waals surface area contributed by atoms with E-state index in [-0.39, 0.29) is 0 Å². The maximum Gasteiger partial charge on any atom is 0.202 e. The van der Waals surface area contributed by atoms with Crippen LogP contribution in [0.1, 0.15) is 0 Å². The fourth-order valence-electron chi connectivity index (χ4n) is 0.852. The second-order valence-corrected chi connectivity index (χ2v) is 2.78. The summed E-state index contributed by atoms with van der Waals surface area (Å²) in [5.74, 6) is 0. The minimum absolute atomic E-state index is 0.306. The van der Waals surface area contributed by atoms with Gasteiger partial charge in [-0.1, -0.05) is 11.6 Å². The van der Waals surface area contributed by atoms with Crippen LogP contribution >= 0.6 is 23.2 Å². The molecule has 2 heterocycles. The number of nitrogens with zero attached hydrogens (tertiary/aromatic N) is 2. The van der Waals surface area contributed by atoms with Gasteiger partial charge in [0.25, 0.3) is 0 Å². The molecule has 0 aliphatic rings. The Hall–Kier alpha value is -0.800. The number of pyridine rings is 1. The molecule has 0 amide bonds. The summed E-state index contributed by atoms with van der Waals surface area (Å²) in [5.41, 5.74) is 1.22. The lowest BCUT2D eigenvalue weighted by Gasteiger charge is -1.87. The Labute approximate surface area is 72.4 Å². The molecule has 11 heavy (non-hydrogen) atoms. The summed E-state index contributed by atoms with van der Waals surface area (Å²) in [6, 6.07) is 1.68. The molecule has 3 nitrogen and oxygen atoms in total. The normalized spacial score (nSPS) is 10.7. The Morgan fingerprint density at radius 2 is 2.18 bits per heavy atom. The van der Waals surface area contributed by atoms with Crippen molar-refractivity contribution in [1.29, 1.82) is 0 Å². The van der Waals surface area contributed by atoms with Gasteiger partial charge in [-0.3, -0.25) is 0 Å². The molecule has 0 saturated heterocycles. The van der Waals surface area contributed by atoms with Gasteiger partial charge in [0.1, 0.15) is 5.52 Å². The zero-order chi connectivity index (χ0) is 7.84. The van der Waals surface area contributed by atoms with Crippen molar-refractivity contribution in [3.63, 3.8) is 0 Å². The molecule has 5 heteroatoms. The lowest BCUT2D eigenvalue weighted by atomic mass is 10.4. The quantitative estimate of drug-likeness (QED) is 0.688. The molecule has 0 fully saturated rings. The van der Waals surface area contributed by atoms with Crippen molar-refractivity contribution in [2.24, 2.45) is 0 Å². The summed E-state index contributed by atoms with van der Waals surface area (Å²) >= 11 is 11.4. The molecule has 0 aliphatic carbocycles. The zero-order valence-corrected chi connectivity index (χ0v) is 6.82. The van der Waals surface area contributed by atoms with Crippen LogP contribution in [0.4, 0.5) is 0 Å². The lowest BCUT2D eigenvalue weighted by Crippen LogP contribution is -1.74. The number of imidazole rings is 1. The van der Waals surface area contributed by atoms with Crippen molar-refractivity contribution in [2.45, 2.75) is 0 Å². The van der Waals surface area contributed by atoms with Crippen LogP contribution < -0.4 is 0 Å². The van der Waals surface area contributed by atoms with Crippen LogP contribution in [0.25, 0.3) is 11.2 Å². The summed E-state index contributed by atoms with van der Waals surface area (Å²) in [6.07, 6.45) is 1.59. The standard InChI is InChI=1S/C6H3Cl2N3/c7-3-1-2-9-5-4(3)10-6(8)11-5/h1-2H,(H,9,10,11). The Kier molecular flexibility index (Phi) is 1.47. The number of rotatable bonds is 0. The maximum atomic E-state index is 5.80. The first-order chi connectivity index (χ1) is 5.27. The number of halogens is 2. The molecule has 0 radical (unpaired) electrons. The van der Waals surface area contributed by atoms with E-state index in [1.54, 1.807) is 12.3 Å². The van der Waals surface area contributed by atoms with Crippen LogP contribution in [0.2, 0.25) is 10.3 Å². The number of H-pyrrole nitrogens is 1. The first-order valence-electron chi connectivity index (χ1n) is 2.93. The van der Waals surface area contributed by atoms with Crippen molar-refractivity contribution >= 4 is 34.4 Å². The second-order valence-electron chi connectivity index (χ2n) is 2.02. The van der Waals surface area contributed by atoms with Gasteiger partial charge in [-0.15, -0.1) is 0 Å². The van der Waals surface area contributed by atoms with E-state index < -0.39 is 0 Å². The molecule has 0 saturated carbocycles. The van der Waals surface area contributed by atoms with Crippen molar-refractivity contribution in [1.82, 2.24) is 15.0 Å². The van der Waals surface area contributed by atoms with E-state index in [0.717, 1.165) is 0 Å². The van der Waals surface area contributed by atoms with Gasteiger partial charge in [-0.2, -0.15) is 4.98 Å². The summed E-state index contributed by atoms with van der Waals surface area (Å²) in [7, 11) is 0. The number of hydrogen-bond acceptors (Lipinski definition) is 2. The maximum absolute atomic E-state index is 5.80. The highest BCUT2D eigenvalue weighted by atomic mass is 35.5. The largest absolute Gasteiger partial charge is 0.326 e. The molecule has 0 atom stereocenters. The second kappa shape index (κ2) is 2.36. The number of nitrogens with one attached hydrogen (secondary N) is 1. The number of aromatic nitrogens is 3. The molecular formula is C6H3Cl2N3. The molecule has 2 aromatic heterocycles. The van der Waals surface area contributed by atoms with Gasteiger partial charge >= 0.3 is 0 Å². The molecule has 0 aromatic carbocycles. The summed E-state index contributed by atoms with van der Waals surface area (Å²) in [6.45, 7) is 0. The number of aromatic amines is 1. The van der Waals surface area contributed by atoms with Crippen molar-refractivity contribution < 1.29 is 0 Å². The minimum atomic E-state index is 0.306. The van der Waals surface area contributed by atoms with Gasteiger partial charge in [0.05, 0.1) is 5.02 Å². The molecule has 0 bridgehead atoms. The first-order valence-corrected chi connectivity index (χ1v) is 3.68. The summed E-state index contributed by atoms with van der Waals surface area (Å²) in [4.78, 5) is 10.6. The molecule has 56 valence electrons. The number of fused-ring (bicyclic) bond motifs is 1. The molecule has 0 aliphatic heterocycles. The highest BCUT2D eigenvalue weighted by Crippen LogP contribution is 2.20. The van der Waals surface area contributed by atoms with E-state index in [4.69, 9.17) is 23.2 Å². The van der Waals surface area contributed by atoms with E-state index in [1.807, 2.05) is 0 Å². The van der Waals surface area contributed by atoms with Crippen molar-refractivity contribution in [2.75, 3.05) is 0 Å². The lowest BCUT2D eigenvalue weighted by molar-refractivity contribution is 1.30. The third kappa shape index (κ3) is 1.06. The van der Waals surface area contributed by atoms with E-state index in [2.05, 4.69) is 15.0 Å². The van der Waals surface area contributed by atoms with Gasteiger partial charge in [-0.05, 0) is 17.7 Å². The number of hydrogen-bond donors (Lipinski definition) is 1. The molecule has 0 spiro atoms. The predicted molar refractivity (Wildman–Crippen MR) is 43.9 cm³/mol. The monoisotopic (exact) mass is 187 g/mol. The molecule has 1 N–H and O–H groups in total. The Bertz CT molecular complexity index is 396. The van der Waals surface area contributed by atoms with Crippen LogP contribution in [-0.4, -0.2) is 15.0 Å². The summed E-state index contributed by atoms with van der Waals surface area (Å²) in [5, 5.41) is 0.884. The van der Waals surface area contributed by atoms with E-state index in [9.17, 15) is 0 Å². The van der Waals surface area contributed by atoms with E-state index in [1.165, 1.54) is 0 Å². The molecule has 2 rings (SSSR count).